The van der Waals surface area contributed by atoms with E-state index in [9.17, 15) is 32.7 Å². The highest BCUT2D eigenvalue weighted by Gasteiger charge is 2.38. The van der Waals surface area contributed by atoms with Gasteiger partial charge in [0, 0.05) is 36.1 Å². The van der Waals surface area contributed by atoms with Crippen molar-refractivity contribution in [2.45, 2.75) is 13.1 Å². The summed E-state index contributed by atoms with van der Waals surface area (Å²) in [7, 11) is 4.55. The average Bonchev–Trinajstić information content (AvgIpc) is 2.93. The van der Waals surface area contributed by atoms with Gasteiger partial charge < -0.3 is 29.3 Å². The van der Waals surface area contributed by atoms with Crippen LogP contribution >= 0.6 is 0 Å². The maximum absolute atomic E-state index is 13.3. The first kappa shape index (κ1) is 31.3. The van der Waals surface area contributed by atoms with Gasteiger partial charge in [0.05, 0.1) is 19.8 Å². The summed E-state index contributed by atoms with van der Waals surface area (Å²) in [5.74, 6) is -3.56. The van der Waals surface area contributed by atoms with Crippen molar-refractivity contribution >= 4 is 34.4 Å². The molecule has 3 rings (SSSR count). The smallest absolute Gasteiger partial charge is 0.490 e. The fraction of sp³-hybridized carbons (Fsp3) is 0.269. The lowest BCUT2D eigenvalue weighted by molar-refractivity contribution is -0.192. The number of hydrogen-bond donors (Lipinski definition) is 2. The summed E-state index contributed by atoms with van der Waals surface area (Å²) in [6.07, 6.45) is -3.94. The van der Waals surface area contributed by atoms with Crippen molar-refractivity contribution in [1.29, 1.82) is 0 Å². The molecule has 2 N–H and O–H groups in total. The number of ketones is 1. The summed E-state index contributed by atoms with van der Waals surface area (Å²) in [5, 5.41) is 17.3. The number of carboxylic acids is 2. The van der Waals surface area contributed by atoms with Gasteiger partial charge in [0.2, 0.25) is 5.78 Å². The van der Waals surface area contributed by atoms with E-state index in [1.807, 2.05) is 6.92 Å². The van der Waals surface area contributed by atoms with Crippen molar-refractivity contribution < 1.29 is 56.8 Å². The first-order valence-corrected chi connectivity index (χ1v) is 11.3. The van der Waals surface area contributed by atoms with Crippen LogP contribution in [0.5, 0.6) is 17.2 Å². The standard InChI is InChI=1S/C24H24N2O7.C2HF3O2/c1-5-26(2)21(27)13-33-15-8-6-7-14(9-15)23(28)22-17-11-20(32-4)19(31-3)10-16(17)18(12-25-22)24(29)30;3-2(4,5)1(6)7/h6-12H,5,13H2,1-4H3,(H,29,30);(H,6,7). The molecule has 0 spiro atoms. The number of methoxy groups -OCH3 is 2. The van der Waals surface area contributed by atoms with Crippen LogP contribution in [0.4, 0.5) is 13.2 Å². The fourth-order valence-corrected chi connectivity index (χ4v) is 3.21. The SMILES string of the molecule is CCN(C)C(=O)COc1cccc(C(=O)c2ncc(C(=O)O)c3cc(OC)c(OC)cc23)c1.O=C(O)C(F)(F)F. The van der Waals surface area contributed by atoms with Crippen molar-refractivity contribution in [3.63, 3.8) is 0 Å². The van der Waals surface area contributed by atoms with E-state index < -0.39 is 23.9 Å². The van der Waals surface area contributed by atoms with E-state index in [1.165, 1.54) is 37.3 Å². The van der Waals surface area contributed by atoms with Gasteiger partial charge in [0.15, 0.2) is 18.1 Å². The number of carboxylic acid groups (broad SMARTS) is 2. The molecule has 0 aliphatic heterocycles. The third-order valence-electron chi connectivity index (χ3n) is 5.44. The number of alkyl halides is 3. The van der Waals surface area contributed by atoms with Crippen LogP contribution in [-0.4, -0.2) is 84.3 Å². The van der Waals surface area contributed by atoms with Gasteiger partial charge in [-0.1, -0.05) is 12.1 Å². The third-order valence-corrected chi connectivity index (χ3v) is 5.44. The second-order valence-electron chi connectivity index (χ2n) is 7.93. The Kier molecular flexibility index (Phi) is 10.4. The Morgan fingerprint density at radius 3 is 2.05 bits per heavy atom. The molecule has 0 radical (unpaired) electrons. The van der Waals surface area contributed by atoms with Crippen LogP contribution in [0.1, 0.15) is 33.3 Å². The molecular formula is C26H25F3N2O9. The molecule has 3 aromatic rings. The van der Waals surface area contributed by atoms with Crippen LogP contribution in [0.25, 0.3) is 10.8 Å². The van der Waals surface area contributed by atoms with Crippen molar-refractivity contribution in [2.75, 3.05) is 34.4 Å². The second-order valence-corrected chi connectivity index (χ2v) is 7.93. The third kappa shape index (κ3) is 7.58. The predicted molar refractivity (Wildman–Crippen MR) is 134 cm³/mol. The normalized spacial score (nSPS) is 10.7. The molecule has 0 saturated carbocycles. The lowest BCUT2D eigenvalue weighted by atomic mass is 9.99. The Morgan fingerprint density at radius 2 is 1.55 bits per heavy atom. The molecule has 40 heavy (non-hydrogen) atoms. The van der Waals surface area contributed by atoms with Gasteiger partial charge in [-0.2, -0.15) is 13.2 Å². The molecular weight excluding hydrogens is 541 g/mol. The van der Waals surface area contributed by atoms with Crippen molar-refractivity contribution in [3.8, 4) is 17.2 Å². The van der Waals surface area contributed by atoms with E-state index in [1.54, 1.807) is 25.2 Å². The number of carbonyl (C=O) groups excluding carboxylic acids is 2. The zero-order valence-electron chi connectivity index (χ0n) is 21.7. The van der Waals surface area contributed by atoms with Crippen molar-refractivity contribution in [2.24, 2.45) is 0 Å². The van der Waals surface area contributed by atoms with Crippen molar-refractivity contribution in [3.05, 3.63) is 59.4 Å². The number of nitrogens with zero attached hydrogens (tertiary/aromatic N) is 2. The van der Waals surface area contributed by atoms with Gasteiger partial charge >= 0.3 is 18.1 Å². The fourth-order valence-electron chi connectivity index (χ4n) is 3.21. The number of halogens is 3. The lowest BCUT2D eigenvalue weighted by Crippen LogP contribution is -2.31. The highest BCUT2D eigenvalue weighted by atomic mass is 19.4. The van der Waals surface area contributed by atoms with Crippen LogP contribution in [0.3, 0.4) is 0 Å². The van der Waals surface area contributed by atoms with Gasteiger partial charge in [-0.05, 0) is 31.2 Å². The van der Waals surface area contributed by atoms with Gasteiger partial charge in [0.25, 0.3) is 5.91 Å². The van der Waals surface area contributed by atoms with E-state index in [-0.39, 0.29) is 29.3 Å². The summed E-state index contributed by atoms with van der Waals surface area (Å²) in [6, 6.07) is 9.42. The van der Waals surface area contributed by atoms with E-state index in [4.69, 9.17) is 24.1 Å². The van der Waals surface area contributed by atoms with E-state index >= 15 is 0 Å². The molecule has 0 atom stereocenters. The van der Waals surface area contributed by atoms with Crippen LogP contribution in [0.15, 0.2) is 42.6 Å². The summed E-state index contributed by atoms with van der Waals surface area (Å²) in [6.45, 7) is 2.25. The minimum atomic E-state index is -5.08. The Bertz CT molecular complexity index is 1420. The number of pyridine rings is 1. The number of rotatable bonds is 9. The van der Waals surface area contributed by atoms with Crippen molar-refractivity contribution in [1.82, 2.24) is 9.88 Å². The molecule has 11 nitrogen and oxygen atoms in total. The van der Waals surface area contributed by atoms with E-state index in [2.05, 4.69) is 4.98 Å². The Labute approximate surface area is 225 Å². The molecule has 1 amide bonds. The first-order chi connectivity index (χ1) is 18.7. The molecule has 214 valence electrons. The Balaban J connectivity index is 0.000000708. The molecule has 1 heterocycles. The largest absolute Gasteiger partial charge is 0.493 e. The predicted octanol–water partition coefficient (Wildman–Crippen LogP) is 3.67. The number of aromatic nitrogens is 1. The van der Waals surface area contributed by atoms with Crippen LogP contribution in [-0.2, 0) is 9.59 Å². The average molecular weight is 566 g/mol. The van der Waals surface area contributed by atoms with Gasteiger partial charge in [-0.25, -0.2) is 9.59 Å². The highest BCUT2D eigenvalue weighted by Crippen LogP contribution is 2.35. The molecule has 14 heteroatoms. The molecule has 0 bridgehead atoms. The summed E-state index contributed by atoms with van der Waals surface area (Å²) < 4.78 is 47.9. The number of hydrogen-bond acceptors (Lipinski definition) is 8. The van der Waals surface area contributed by atoms with E-state index in [0.29, 0.717) is 34.6 Å². The van der Waals surface area contributed by atoms with E-state index in [0.717, 1.165) is 6.20 Å². The zero-order chi connectivity index (χ0) is 30.2. The summed E-state index contributed by atoms with van der Waals surface area (Å²) in [5.41, 5.74) is 0.253. The number of fused-ring (bicyclic) bond motifs is 1. The van der Waals surface area contributed by atoms with Crippen LogP contribution < -0.4 is 14.2 Å². The molecule has 0 fully saturated rings. The molecule has 1 aromatic heterocycles. The molecule has 0 aliphatic rings. The molecule has 0 unspecified atom stereocenters. The van der Waals surface area contributed by atoms with Crippen LogP contribution in [0, 0.1) is 0 Å². The number of aromatic carboxylic acids is 1. The zero-order valence-corrected chi connectivity index (χ0v) is 21.7. The Morgan fingerprint density at radius 1 is 0.975 bits per heavy atom. The van der Waals surface area contributed by atoms with Gasteiger partial charge in [-0.3, -0.25) is 14.6 Å². The topological polar surface area (TPSA) is 153 Å². The number of amides is 1. The van der Waals surface area contributed by atoms with Crippen LogP contribution in [0.2, 0.25) is 0 Å². The monoisotopic (exact) mass is 566 g/mol. The molecule has 0 aliphatic carbocycles. The maximum atomic E-state index is 13.3. The maximum Gasteiger partial charge on any atom is 0.490 e. The van der Waals surface area contributed by atoms with Gasteiger partial charge in [0.1, 0.15) is 11.4 Å². The molecule has 2 aromatic carbocycles. The highest BCUT2D eigenvalue weighted by molar-refractivity contribution is 6.18. The Hall–Kier alpha value is -4.88. The minimum Gasteiger partial charge on any atom is -0.493 e. The second kappa shape index (κ2) is 13.3. The number of aliphatic carboxylic acids is 1. The number of ether oxygens (including phenoxy) is 3. The lowest BCUT2D eigenvalue weighted by Gasteiger charge is -2.15. The minimum absolute atomic E-state index is 0.0508. The first-order valence-electron chi connectivity index (χ1n) is 11.3. The molecule has 0 saturated heterocycles. The summed E-state index contributed by atoms with van der Waals surface area (Å²) >= 11 is 0. The number of benzene rings is 2. The van der Waals surface area contributed by atoms with Gasteiger partial charge in [-0.15, -0.1) is 0 Å². The summed E-state index contributed by atoms with van der Waals surface area (Å²) in [4.78, 5) is 51.6. The quantitative estimate of drug-likeness (QED) is 0.367. The number of likely N-dealkylation sites (N-methyl/N-ethyl adjacent to an activating group) is 1. The number of carbonyl (C=O) groups is 4.